The molecule has 1 aliphatic carbocycles. The summed E-state index contributed by atoms with van der Waals surface area (Å²) in [6.07, 6.45) is 3.85. The minimum atomic E-state index is 0.619. The predicted octanol–water partition coefficient (Wildman–Crippen LogP) is 2.29. The molecule has 1 heterocycles. The van der Waals surface area contributed by atoms with Crippen LogP contribution in [-0.4, -0.2) is 17.6 Å². The number of rotatable bonds is 5. The van der Waals surface area contributed by atoms with E-state index < -0.39 is 0 Å². The maximum Gasteiger partial charge on any atom is 0.186 e. The number of thiazole rings is 1. The molecule has 2 rings (SSSR count). The molecule has 0 unspecified atom stereocenters. The Morgan fingerprint density at radius 3 is 2.73 bits per heavy atom. The number of nitrogens with two attached hydrogens (primary N) is 1. The average Bonchev–Trinajstić information content (AvgIpc) is 2.99. The number of anilines is 1. The molecule has 0 bridgehead atoms. The van der Waals surface area contributed by atoms with Crippen molar-refractivity contribution in [1.29, 1.82) is 0 Å². The topological polar surface area (TPSA) is 42.2 Å². The maximum absolute atomic E-state index is 5.68. The highest BCUT2D eigenvalue weighted by Crippen LogP contribution is 2.35. The molecule has 15 heavy (non-hydrogen) atoms. The number of nitrogens with zero attached hydrogens (tertiary/aromatic N) is 2. The summed E-state index contributed by atoms with van der Waals surface area (Å²) in [6.45, 7) is 6.02. The molecule has 2 N–H and O–H groups in total. The van der Waals surface area contributed by atoms with Gasteiger partial charge in [0, 0.05) is 24.0 Å². The van der Waals surface area contributed by atoms with Crippen molar-refractivity contribution in [3.63, 3.8) is 0 Å². The van der Waals surface area contributed by atoms with Gasteiger partial charge in [0.05, 0.1) is 5.69 Å². The molecule has 84 valence electrons. The number of hydrogen-bond donors (Lipinski definition) is 1. The summed E-state index contributed by atoms with van der Waals surface area (Å²) in [6, 6.07) is 0.751. The summed E-state index contributed by atoms with van der Waals surface area (Å²) in [7, 11) is 0. The van der Waals surface area contributed by atoms with E-state index in [1.807, 2.05) is 0 Å². The Hall–Kier alpha value is -0.610. The lowest BCUT2D eigenvalue weighted by molar-refractivity contribution is 0.758. The standard InChI is InChI=1S/C11H19N3S/c1-3-6-14(9-4-5-9)11-13-8(2)10(7-12)15-11/h9H,3-7,12H2,1-2H3. The summed E-state index contributed by atoms with van der Waals surface area (Å²) in [4.78, 5) is 8.31. The molecule has 1 fully saturated rings. The Labute approximate surface area is 95.3 Å². The molecular formula is C11H19N3S. The van der Waals surface area contributed by atoms with Crippen LogP contribution in [0.5, 0.6) is 0 Å². The van der Waals surface area contributed by atoms with Crippen molar-refractivity contribution < 1.29 is 0 Å². The minimum Gasteiger partial charge on any atom is -0.345 e. The number of aryl methyl sites for hydroxylation is 1. The van der Waals surface area contributed by atoms with Gasteiger partial charge in [-0.25, -0.2) is 4.98 Å². The van der Waals surface area contributed by atoms with E-state index in [0.29, 0.717) is 6.54 Å². The van der Waals surface area contributed by atoms with Gasteiger partial charge in [0.15, 0.2) is 5.13 Å². The zero-order valence-corrected chi connectivity index (χ0v) is 10.3. The summed E-state index contributed by atoms with van der Waals surface area (Å²) in [5.41, 5.74) is 6.79. The van der Waals surface area contributed by atoms with Crippen molar-refractivity contribution in [2.75, 3.05) is 11.4 Å². The van der Waals surface area contributed by atoms with E-state index in [1.54, 1.807) is 11.3 Å². The third-order valence-electron chi connectivity index (χ3n) is 2.76. The second kappa shape index (κ2) is 4.49. The van der Waals surface area contributed by atoms with Crippen LogP contribution >= 0.6 is 11.3 Å². The van der Waals surface area contributed by atoms with Crippen LogP contribution in [0, 0.1) is 6.92 Å². The van der Waals surface area contributed by atoms with Gasteiger partial charge < -0.3 is 10.6 Å². The third-order valence-corrected chi connectivity index (χ3v) is 3.98. The van der Waals surface area contributed by atoms with E-state index in [0.717, 1.165) is 18.3 Å². The van der Waals surface area contributed by atoms with Crippen LogP contribution < -0.4 is 10.6 Å². The Morgan fingerprint density at radius 1 is 1.53 bits per heavy atom. The van der Waals surface area contributed by atoms with Crippen molar-refractivity contribution in [2.24, 2.45) is 5.73 Å². The molecular weight excluding hydrogens is 206 g/mol. The lowest BCUT2D eigenvalue weighted by atomic mass is 10.4. The smallest absolute Gasteiger partial charge is 0.186 e. The largest absolute Gasteiger partial charge is 0.345 e. The van der Waals surface area contributed by atoms with E-state index in [4.69, 9.17) is 5.73 Å². The van der Waals surface area contributed by atoms with Crippen molar-refractivity contribution in [3.05, 3.63) is 10.6 Å². The first-order chi connectivity index (χ1) is 7.26. The van der Waals surface area contributed by atoms with Crippen LogP contribution in [0.25, 0.3) is 0 Å². The van der Waals surface area contributed by atoms with Gasteiger partial charge in [0.2, 0.25) is 0 Å². The summed E-state index contributed by atoms with van der Waals surface area (Å²) < 4.78 is 0. The summed E-state index contributed by atoms with van der Waals surface area (Å²) in [5, 5.41) is 1.18. The molecule has 0 amide bonds. The first-order valence-electron chi connectivity index (χ1n) is 5.69. The fraction of sp³-hybridized carbons (Fsp3) is 0.727. The molecule has 1 aromatic rings. The molecule has 1 saturated carbocycles. The highest BCUT2D eigenvalue weighted by molar-refractivity contribution is 7.15. The molecule has 0 atom stereocenters. The van der Waals surface area contributed by atoms with Gasteiger partial charge in [0.1, 0.15) is 0 Å². The molecule has 0 spiro atoms. The second-order valence-electron chi connectivity index (χ2n) is 4.13. The third kappa shape index (κ3) is 2.32. The second-order valence-corrected chi connectivity index (χ2v) is 5.20. The molecule has 1 aromatic heterocycles. The lowest BCUT2D eigenvalue weighted by Crippen LogP contribution is -2.26. The van der Waals surface area contributed by atoms with Crippen LogP contribution in [-0.2, 0) is 6.54 Å². The SMILES string of the molecule is CCCN(c1nc(C)c(CN)s1)C1CC1. The van der Waals surface area contributed by atoms with Crippen LogP contribution in [0.4, 0.5) is 5.13 Å². The molecule has 0 radical (unpaired) electrons. The summed E-state index contributed by atoms with van der Waals surface area (Å²) in [5.74, 6) is 0. The van der Waals surface area contributed by atoms with Gasteiger partial charge >= 0.3 is 0 Å². The molecule has 0 saturated heterocycles. The van der Waals surface area contributed by atoms with Crippen molar-refractivity contribution in [3.8, 4) is 0 Å². The number of aromatic nitrogens is 1. The van der Waals surface area contributed by atoms with E-state index in [2.05, 4.69) is 23.7 Å². The average molecular weight is 225 g/mol. The van der Waals surface area contributed by atoms with Gasteiger partial charge in [-0.05, 0) is 26.2 Å². The first kappa shape index (κ1) is 10.9. The van der Waals surface area contributed by atoms with E-state index in [9.17, 15) is 0 Å². The van der Waals surface area contributed by atoms with Gasteiger partial charge in [0.25, 0.3) is 0 Å². The van der Waals surface area contributed by atoms with E-state index in [-0.39, 0.29) is 0 Å². The molecule has 3 nitrogen and oxygen atoms in total. The Bertz CT molecular complexity index is 331. The van der Waals surface area contributed by atoms with Crippen molar-refractivity contribution in [1.82, 2.24) is 4.98 Å². The zero-order valence-electron chi connectivity index (χ0n) is 9.49. The van der Waals surface area contributed by atoms with Gasteiger partial charge in [-0.3, -0.25) is 0 Å². The Balaban J connectivity index is 2.17. The fourth-order valence-electron chi connectivity index (χ4n) is 1.79. The van der Waals surface area contributed by atoms with Crippen LogP contribution in [0.2, 0.25) is 0 Å². The van der Waals surface area contributed by atoms with Crippen LogP contribution in [0.15, 0.2) is 0 Å². The predicted molar refractivity (Wildman–Crippen MR) is 65.4 cm³/mol. The van der Waals surface area contributed by atoms with E-state index >= 15 is 0 Å². The quantitative estimate of drug-likeness (QED) is 0.836. The normalized spacial score (nSPS) is 15.7. The Morgan fingerprint density at radius 2 is 2.27 bits per heavy atom. The highest BCUT2D eigenvalue weighted by atomic mass is 32.1. The highest BCUT2D eigenvalue weighted by Gasteiger charge is 2.30. The minimum absolute atomic E-state index is 0.619. The van der Waals surface area contributed by atoms with Crippen LogP contribution in [0.1, 0.15) is 36.8 Å². The molecule has 4 heteroatoms. The lowest BCUT2D eigenvalue weighted by Gasteiger charge is -2.20. The van der Waals surface area contributed by atoms with Gasteiger partial charge in [-0.15, -0.1) is 11.3 Å². The maximum atomic E-state index is 5.68. The van der Waals surface area contributed by atoms with Gasteiger partial charge in [-0.2, -0.15) is 0 Å². The monoisotopic (exact) mass is 225 g/mol. The van der Waals surface area contributed by atoms with Crippen molar-refractivity contribution >= 4 is 16.5 Å². The van der Waals surface area contributed by atoms with Crippen molar-refractivity contribution in [2.45, 2.75) is 45.7 Å². The molecule has 1 aliphatic rings. The molecule has 0 aromatic carbocycles. The molecule has 0 aliphatic heterocycles. The first-order valence-corrected chi connectivity index (χ1v) is 6.51. The van der Waals surface area contributed by atoms with Gasteiger partial charge in [-0.1, -0.05) is 6.92 Å². The summed E-state index contributed by atoms with van der Waals surface area (Å²) >= 11 is 1.77. The van der Waals surface area contributed by atoms with E-state index in [1.165, 1.54) is 29.3 Å². The number of hydrogen-bond acceptors (Lipinski definition) is 4. The fourth-order valence-corrected chi connectivity index (χ4v) is 2.82. The Kier molecular flexibility index (Phi) is 3.26. The van der Waals surface area contributed by atoms with Crippen LogP contribution in [0.3, 0.4) is 0 Å². The zero-order chi connectivity index (χ0) is 10.8.